The Hall–Kier alpha value is -3.32. The summed E-state index contributed by atoms with van der Waals surface area (Å²) in [5, 5.41) is 24.4. The first-order valence-electron chi connectivity index (χ1n) is 11.0. The van der Waals surface area contributed by atoms with Gasteiger partial charge in [0.1, 0.15) is 23.7 Å². The van der Waals surface area contributed by atoms with Gasteiger partial charge in [0.15, 0.2) is 0 Å². The van der Waals surface area contributed by atoms with Gasteiger partial charge in [-0.05, 0) is 61.8 Å². The Morgan fingerprint density at radius 1 is 1.09 bits per heavy atom. The number of methoxy groups -OCH3 is 2. The normalized spacial score (nSPS) is 12.8. The van der Waals surface area contributed by atoms with Crippen LogP contribution in [0.3, 0.4) is 0 Å². The van der Waals surface area contributed by atoms with Gasteiger partial charge in [0.05, 0.1) is 26.0 Å². The maximum absolute atomic E-state index is 11.4. The fourth-order valence-electron chi connectivity index (χ4n) is 4.09. The van der Waals surface area contributed by atoms with Gasteiger partial charge in [-0.1, -0.05) is 35.5 Å². The van der Waals surface area contributed by atoms with Gasteiger partial charge in [-0.25, -0.2) is 0 Å². The van der Waals surface area contributed by atoms with Crippen LogP contribution in [0.25, 0.3) is 0 Å². The highest BCUT2D eigenvalue weighted by atomic mass is 16.5. The molecule has 0 spiro atoms. The number of hydrogen-bond donors (Lipinski definition) is 2. The number of carbonyl (C=O) groups is 1. The minimum absolute atomic E-state index is 0.159. The molecule has 2 atom stereocenters. The molecule has 33 heavy (non-hydrogen) atoms. The number of hydrogen-bond acceptors (Lipinski definition) is 6. The van der Waals surface area contributed by atoms with E-state index in [9.17, 15) is 9.90 Å². The van der Waals surface area contributed by atoms with Gasteiger partial charge in [0.2, 0.25) is 0 Å². The molecule has 0 fully saturated rings. The third-order valence-corrected chi connectivity index (χ3v) is 5.85. The first-order chi connectivity index (χ1) is 15.9. The van der Waals surface area contributed by atoms with Gasteiger partial charge in [-0.15, -0.1) is 0 Å². The Morgan fingerprint density at radius 2 is 1.76 bits per heavy atom. The van der Waals surface area contributed by atoms with E-state index in [2.05, 4.69) is 17.3 Å². The molecule has 3 rings (SSSR count). The number of aliphatic carboxylic acids is 1. The SMILES string of the molecule is COc1cc(C(O)[C@H](CCCc2ccccc2)Cc2cc(CC(=O)O)on2)cc(OC)c1C. The maximum Gasteiger partial charge on any atom is 0.311 e. The molecule has 176 valence electrons. The molecule has 0 aliphatic carbocycles. The molecule has 1 heterocycles. The van der Waals surface area contributed by atoms with E-state index in [-0.39, 0.29) is 12.3 Å². The van der Waals surface area contributed by atoms with E-state index in [1.165, 1.54) is 5.56 Å². The lowest BCUT2D eigenvalue weighted by atomic mass is 9.86. The highest BCUT2D eigenvalue weighted by Gasteiger charge is 2.25. The van der Waals surface area contributed by atoms with Crippen LogP contribution < -0.4 is 9.47 Å². The average Bonchev–Trinajstić information content (AvgIpc) is 3.24. The van der Waals surface area contributed by atoms with Crippen molar-refractivity contribution in [3.8, 4) is 11.5 Å². The van der Waals surface area contributed by atoms with Crippen LogP contribution in [0.1, 0.15) is 47.1 Å². The second kappa shape index (κ2) is 11.5. The zero-order chi connectivity index (χ0) is 23.8. The predicted molar refractivity (Wildman–Crippen MR) is 124 cm³/mol. The number of aromatic nitrogens is 1. The summed E-state index contributed by atoms with van der Waals surface area (Å²) < 4.78 is 16.1. The topological polar surface area (TPSA) is 102 Å². The molecule has 1 aromatic heterocycles. The molecule has 3 aromatic rings. The fourth-order valence-corrected chi connectivity index (χ4v) is 4.09. The van der Waals surface area contributed by atoms with E-state index in [0.717, 1.165) is 24.8 Å². The second-order valence-electron chi connectivity index (χ2n) is 8.19. The molecule has 2 aromatic carbocycles. The second-order valence-corrected chi connectivity index (χ2v) is 8.19. The summed E-state index contributed by atoms with van der Waals surface area (Å²) >= 11 is 0. The first kappa shape index (κ1) is 24.3. The zero-order valence-electron chi connectivity index (χ0n) is 19.3. The number of rotatable bonds is 12. The first-order valence-corrected chi connectivity index (χ1v) is 11.0. The van der Waals surface area contributed by atoms with Crippen molar-refractivity contribution in [2.24, 2.45) is 5.92 Å². The number of ether oxygens (including phenoxy) is 2. The molecule has 7 nitrogen and oxygen atoms in total. The van der Waals surface area contributed by atoms with E-state index in [1.807, 2.05) is 37.3 Å². The highest BCUT2D eigenvalue weighted by Crippen LogP contribution is 2.36. The van der Waals surface area contributed by atoms with Gasteiger partial charge in [0.25, 0.3) is 0 Å². The standard InChI is InChI=1S/C26H31NO6/c1-17-23(31-2)13-20(14-24(17)32-3)26(30)19(11-7-10-18-8-5-4-6-9-18)12-21-15-22(33-27-21)16-25(28)29/h4-6,8-9,13-15,19,26,30H,7,10-12,16H2,1-3H3,(H,28,29)/t19-,26?/m1/s1. The lowest BCUT2D eigenvalue weighted by molar-refractivity contribution is -0.136. The van der Waals surface area contributed by atoms with Gasteiger partial charge in [-0.3, -0.25) is 4.79 Å². The third kappa shape index (κ3) is 6.58. The molecule has 1 unspecified atom stereocenters. The molecule has 0 aliphatic heterocycles. The van der Waals surface area contributed by atoms with Crippen LogP contribution >= 0.6 is 0 Å². The summed E-state index contributed by atoms with van der Waals surface area (Å²) in [5.41, 5.74) is 3.44. The van der Waals surface area contributed by atoms with Crippen molar-refractivity contribution in [2.75, 3.05) is 14.2 Å². The summed E-state index contributed by atoms with van der Waals surface area (Å²) in [6.45, 7) is 1.91. The van der Waals surface area contributed by atoms with Gasteiger partial charge >= 0.3 is 5.97 Å². The molecule has 0 amide bonds. The summed E-state index contributed by atoms with van der Waals surface area (Å²) in [7, 11) is 3.18. The van der Waals surface area contributed by atoms with E-state index in [1.54, 1.807) is 20.3 Å². The van der Waals surface area contributed by atoms with Crippen molar-refractivity contribution in [3.63, 3.8) is 0 Å². The minimum atomic E-state index is -0.976. The van der Waals surface area contributed by atoms with Crippen LogP contribution in [-0.2, 0) is 24.1 Å². The quantitative estimate of drug-likeness (QED) is 0.415. The summed E-state index contributed by atoms with van der Waals surface area (Å²) in [6.07, 6.45) is 1.97. The Balaban J connectivity index is 1.81. The minimum Gasteiger partial charge on any atom is -0.496 e. The Bertz CT molecular complexity index is 1020. The van der Waals surface area contributed by atoms with Crippen LogP contribution in [-0.4, -0.2) is 35.6 Å². The summed E-state index contributed by atoms with van der Waals surface area (Å²) in [5.74, 6) is 0.464. The Morgan fingerprint density at radius 3 is 2.36 bits per heavy atom. The van der Waals surface area contributed by atoms with Crippen LogP contribution in [0.5, 0.6) is 11.5 Å². The van der Waals surface area contributed by atoms with Crippen LogP contribution in [0.15, 0.2) is 53.1 Å². The van der Waals surface area contributed by atoms with E-state index >= 15 is 0 Å². The van der Waals surface area contributed by atoms with Crippen molar-refractivity contribution in [2.45, 2.75) is 45.1 Å². The van der Waals surface area contributed by atoms with Crippen molar-refractivity contribution in [1.82, 2.24) is 5.16 Å². The van der Waals surface area contributed by atoms with E-state index in [4.69, 9.17) is 19.1 Å². The van der Waals surface area contributed by atoms with Crippen molar-refractivity contribution < 1.29 is 29.0 Å². The van der Waals surface area contributed by atoms with Crippen LogP contribution in [0.2, 0.25) is 0 Å². The Kier molecular flexibility index (Phi) is 8.49. The number of aliphatic hydroxyl groups is 1. The lowest BCUT2D eigenvalue weighted by Crippen LogP contribution is -2.17. The number of nitrogens with zero attached hydrogens (tertiary/aromatic N) is 1. The van der Waals surface area contributed by atoms with Crippen molar-refractivity contribution in [1.29, 1.82) is 0 Å². The summed E-state index contributed by atoms with van der Waals surface area (Å²) in [4.78, 5) is 11.0. The Labute approximate surface area is 194 Å². The number of carboxylic acids is 1. The lowest BCUT2D eigenvalue weighted by Gasteiger charge is -2.24. The molecule has 0 bridgehead atoms. The number of benzene rings is 2. The third-order valence-electron chi connectivity index (χ3n) is 5.85. The molecule has 0 radical (unpaired) electrons. The molecule has 2 N–H and O–H groups in total. The molecule has 0 saturated heterocycles. The van der Waals surface area contributed by atoms with E-state index in [0.29, 0.717) is 34.9 Å². The van der Waals surface area contributed by atoms with Gasteiger partial charge < -0.3 is 24.2 Å². The van der Waals surface area contributed by atoms with E-state index < -0.39 is 12.1 Å². The van der Waals surface area contributed by atoms with Gasteiger partial charge in [0, 0.05) is 11.6 Å². The molecule has 0 aliphatic rings. The summed E-state index contributed by atoms with van der Waals surface area (Å²) in [6, 6.07) is 15.6. The van der Waals surface area contributed by atoms with Crippen LogP contribution in [0.4, 0.5) is 0 Å². The number of aryl methyl sites for hydroxylation is 1. The van der Waals surface area contributed by atoms with Crippen molar-refractivity contribution >= 4 is 5.97 Å². The van der Waals surface area contributed by atoms with Crippen LogP contribution in [0, 0.1) is 12.8 Å². The monoisotopic (exact) mass is 453 g/mol. The molecular weight excluding hydrogens is 422 g/mol. The number of carboxylic acid groups (broad SMARTS) is 1. The fraction of sp³-hybridized carbons (Fsp3) is 0.385. The molecular formula is C26H31NO6. The molecule has 7 heteroatoms. The zero-order valence-corrected chi connectivity index (χ0v) is 19.3. The highest BCUT2D eigenvalue weighted by molar-refractivity contribution is 5.69. The maximum atomic E-state index is 11.4. The molecule has 0 saturated carbocycles. The van der Waals surface area contributed by atoms with Crippen molar-refractivity contribution in [3.05, 3.63) is 76.7 Å². The largest absolute Gasteiger partial charge is 0.496 e. The van der Waals surface area contributed by atoms with Gasteiger partial charge in [-0.2, -0.15) is 0 Å². The number of aliphatic hydroxyl groups excluding tert-OH is 1. The smallest absolute Gasteiger partial charge is 0.311 e. The predicted octanol–water partition coefficient (Wildman–Crippen LogP) is 4.54. The average molecular weight is 454 g/mol.